The molecule has 0 spiro atoms. The molecule has 1 amide bonds. The third kappa shape index (κ3) is 1.27. The van der Waals surface area contributed by atoms with E-state index in [0.29, 0.717) is 0 Å². The third-order valence-electron chi connectivity index (χ3n) is 4.42. The Hall–Kier alpha value is -0.530. The molecular formula is C12H19NO. The van der Waals surface area contributed by atoms with Crippen molar-refractivity contribution >= 4 is 5.91 Å². The summed E-state index contributed by atoms with van der Waals surface area (Å²) in [5.74, 6) is 1.41. The molecule has 4 bridgehead atoms. The standard InChI is InChI=1S/C12H19NO/c1-8(14)13-12-5-9-2-10(6-12)4-11(3-9)7-12/h9-11H,2-7H2,1H3,(H,13,14)/i1D3. The van der Waals surface area contributed by atoms with E-state index < -0.39 is 12.8 Å². The maximum atomic E-state index is 11.7. The number of carbonyl (C=O) groups is 1. The summed E-state index contributed by atoms with van der Waals surface area (Å²) in [5.41, 5.74) is -0.180. The molecule has 0 aromatic rings. The molecule has 4 aliphatic carbocycles. The van der Waals surface area contributed by atoms with Crippen LogP contribution < -0.4 is 5.32 Å². The lowest BCUT2D eigenvalue weighted by molar-refractivity contribution is -0.124. The first-order valence-corrected chi connectivity index (χ1v) is 5.69. The van der Waals surface area contributed by atoms with E-state index in [0.717, 1.165) is 37.0 Å². The van der Waals surface area contributed by atoms with Gasteiger partial charge in [-0.3, -0.25) is 4.79 Å². The number of rotatable bonds is 1. The van der Waals surface area contributed by atoms with E-state index in [1.165, 1.54) is 19.3 Å². The zero-order chi connectivity index (χ0) is 12.3. The number of hydrogen-bond donors (Lipinski definition) is 1. The van der Waals surface area contributed by atoms with Crippen molar-refractivity contribution in [3.63, 3.8) is 0 Å². The van der Waals surface area contributed by atoms with Gasteiger partial charge < -0.3 is 5.32 Å². The highest BCUT2D eigenvalue weighted by Gasteiger charge is 2.51. The van der Waals surface area contributed by atoms with E-state index >= 15 is 0 Å². The monoisotopic (exact) mass is 196 g/mol. The average Bonchev–Trinajstić information content (AvgIpc) is 2.12. The van der Waals surface area contributed by atoms with Crippen molar-refractivity contribution in [3.05, 3.63) is 0 Å². The lowest BCUT2D eigenvalue weighted by atomic mass is 9.53. The van der Waals surface area contributed by atoms with Gasteiger partial charge in [0.2, 0.25) is 5.91 Å². The molecule has 4 saturated carbocycles. The van der Waals surface area contributed by atoms with Crippen molar-refractivity contribution in [1.82, 2.24) is 5.32 Å². The quantitative estimate of drug-likeness (QED) is 0.683. The first-order chi connectivity index (χ1) is 7.86. The van der Waals surface area contributed by atoms with Gasteiger partial charge in [0.25, 0.3) is 0 Å². The topological polar surface area (TPSA) is 29.1 Å². The summed E-state index contributed by atoms with van der Waals surface area (Å²) in [5, 5.41) is 2.86. The van der Waals surface area contributed by atoms with Gasteiger partial charge in [-0.05, 0) is 56.3 Å². The molecule has 4 fully saturated rings. The molecule has 0 aromatic heterocycles. The summed E-state index contributed by atoms with van der Waals surface area (Å²) in [6.45, 7) is -2.50. The highest BCUT2D eigenvalue weighted by atomic mass is 16.1. The predicted octanol–water partition coefficient (Wildman–Crippen LogP) is 2.09. The zero-order valence-electron chi connectivity index (χ0n) is 11.4. The average molecular weight is 196 g/mol. The first kappa shape index (κ1) is 6.14. The Labute approximate surface area is 89.7 Å². The Morgan fingerprint density at radius 3 is 2.14 bits per heavy atom. The molecule has 0 unspecified atom stereocenters. The van der Waals surface area contributed by atoms with Crippen molar-refractivity contribution in [2.24, 2.45) is 17.8 Å². The number of nitrogens with one attached hydrogen (secondary N) is 1. The Balaban J connectivity index is 1.76. The largest absolute Gasteiger partial charge is 0.351 e. The van der Waals surface area contributed by atoms with Gasteiger partial charge in [-0.2, -0.15) is 0 Å². The highest BCUT2D eigenvalue weighted by molar-refractivity contribution is 5.73. The highest BCUT2D eigenvalue weighted by Crippen LogP contribution is 2.55. The maximum Gasteiger partial charge on any atom is 0.217 e. The fraction of sp³-hybridized carbons (Fsp3) is 0.917. The van der Waals surface area contributed by atoms with Crippen LogP contribution in [0.2, 0.25) is 0 Å². The van der Waals surface area contributed by atoms with E-state index in [9.17, 15) is 4.79 Å². The van der Waals surface area contributed by atoms with Crippen molar-refractivity contribution in [2.45, 2.75) is 50.9 Å². The minimum atomic E-state index is -2.50. The molecular weight excluding hydrogens is 174 g/mol. The maximum absolute atomic E-state index is 11.7. The summed E-state index contributed by atoms with van der Waals surface area (Å²) in [7, 11) is 0. The van der Waals surface area contributed by atoms with Crippen LogP contribution in [0.25, 0.3) is 0 Å². The number of amides is 1. The summed E-state index contributed by atoms with van der Waals surface area (Å²) in [6, 6.07) is 0. The lowest BCUT2D eigenvalue weighted by Gasteiger charge is -2.56. The first-order valence-electron chi connectivity index (χ1n) is 7.19. The molecule has 0 heterocycles. The van der Waals surface area contributed by atoms with Crippen LogP contribution in [0.5, 0.6) is 0 Å². The van der Waals surface area contributed by atoms with Gasteiger partial charge in [-0.25, -0.2) is 0 Å². The van der Waals surface area contributed by atoms with Crippen molar-refractivity contribution in [1.29, 1.82) is 0 Å². The third-order valence-corrected chi connectivity index (χ3v) is 4.42. The van der Waals surface area contributed by atoms with Crippen LogP contribution >= 0.6 is 0 Å². The molecule has 78 valence electrons. The minimum absolute atomic E-state index is 0.180. The second kappa shape index (κ2) is 2.74. The fourth-order valence-electron chi connectivity index (χ4n) is 4.50. The van der Waals surface area contributed by atoms with Crippen LogP contribution in [0.15, 0.2) is 0 Å². The van der Waals surface area contributed by atoms with Gasteiger partial charge in [0.1, 0.15) is 0 Å². The van der Waals surface area contributed by atoms with Crippen LogP contribution in [-0.2, 0) is 4.79 Å². The molecule has 0 aliphatic heterocycles. The van der Waals surface area contributed by atoms with E-state index in [2.05, 4.69) is 5.32 Å². The Morgan fingerprint density at radius 1 is 1.21 bits per heavy atom. The lowest BCUT2D eigenvalue weighted by Crippen LogP contribution is -2.59. The van der Waals surface area contributed by atoms with Gasteiger partial charge in [0.05, 0.1) is 0 Å². The molecule has 2 heteroatoms. The van der Waals surface area contributed by atoms with Crippen LogP contribution in [0.3, 0.4) is 0 Å². The molecule has 14 heavy (non-hydrogen) atoms. The molecule has 0 aromatic carbocycles. The van der Waals surface area contributed by atoms with Gasteiger partial charge in [-0.1, -0.05) is 0 Å². The Kier molecular flexibility index (Phi) is 1.20. The molecule has 0 saturated heterocycles. The predicted molar refractivity (Wildman–Crippen MR) is 54.7 cm³/mol. The van der Waals surface area contributed by atoms with Gasteiger partial charge >= 0.3 is 0 Å². The second-order valence-electron chi connectivity index (χ2n) is 5.65. The number of hydrogen-bond acceptors (Lipinski definition) is 1. The smallest absolute Gasteiger partial charge is 0.217 e. The van der Waals surface area contributed by atoms with Crippen LogP contribution in [0, 0.1) is 17.8 Å². The van der Waals surface area contributed by atoms with Crippen molar-refractivity contribution < 1.29 is 8.91 Å². The van der Waals surface area contributed by atoms with Crippen LogP contribution in [0.4, 0.5) is 0 Å². The SMILES string of the molecule is [2H]C([2H])([2H])C(=O)NC12CC3CC(CC(C3)C1)C2. The Morgan fingerprint density at radius 2 is 1.71 bits per heavy atom. The second-order valence-corrected chi connectivity index (χ2v) is 5.65. The summed E-state index contributed by atoms with van der Waals surface area (Å²) in [6.07, 6.45) is 6.89. The van der Waals surface area contributed by atoms with E-state index in [-0.39, 0.29) is 5.54 Å². The summed E-state index contributed by atoms with van der Waals surface area (Å²) < 4.78 is 21.5. The molecule has 4 rings (SSSR count). The summed E-state index contributed by atoms with van der Waals surface area (Å²) in [4.78, 5) is 11.7. The van der Waals surface area contributed by atoms with Crippen LogP contribution in [0.1, 0.15) is 49.5 Å². The van der Waals surface area contributed by atoms with E-state index in [1.54, 1.807) is 0 Å². The summed E-state index contributed by atoms with van der Waals surface area (Å²) >= 11 is 0. The van der Waals surface area contributed by atoms with Gasteiger partial charge in [-0.15, -0.1) is 0 Å². The zero-order valence-corrected chi connectivity index (χ0v) is 8.38. The fourth-order valence-corrected chi connectivity index (χ4v) is 4.50. The Bertz CT molecular complexity index is 315. The van der Waals surface area contributed by atoms with Crippen LogP contribution in [-0.4, -0.2) is 11.4 Å². The van der Waals surface area contributed by atoms with Crippen molar-refractivity contribution in [2.75, 3.05) is 0 Å². The molecule has 1 N–H and O–H groups in total. The van der Waals surface area contributed by atoms with Crippen molar-refractivity contribution in [3.8, 4) is 0 Å². The molecule has 0 atom stereocenters. The van der Waals surface area contributed by atoms with Gasteiger partial charge in [0, 0.05) is 16.5 Å². The van der Waals surface area contributed by atoms with E-state index in [1.807, 2.05) is 0 Å². The van der Waals surface area contributed by atoms with E-state index in [4.69, 9.17) is 4.11 Å². The van der Waals surface area contributed by atoms with Gasteiger partial charge in [0.15, 0.2) is 0 Å². The minimum Gasteiger partial charge on any atom is -0.351 e. The molecule has 4 aliphatic rings. The molecule has 0 radical (unpaired) electrons. The molecule has 2 nitrogen and oxygen atoms in total. The number of carbonyl (C=O) groups excluding carboxylic acids is 1. The normalized spacial score (nSPS) is 53.4.